The predicted octanol–water partition coefficient (Wildman–Crippen LogP) is 5.02. The summed E-state index contributed by atoms with van der Waals surface area (Å²) in [6.07, 6.45) is 0.906. The van der Waals surface area contributed by atoms with Crippen LogP contribution in [0.1, 0.15) is 36.1 Å². The van der Waals surface area contributed by atoms with Crippen molar-refractivity contribution in [3.63, 3.8) is 0 Å². The van der Waals surface area contributed by atoms with Crippen molar-refractivity contribution in [3.05, 3.63) is 69.7 Å². The highest BCUT2D eigenvalue weighted by atomic mass is 35.5. The average molecular weight is 310 g/mol. The molecule has 0 saturated heterocycles. The van der Waals surface area contributed by atoms with Crippen LogP contribution in [-0.2, 0) is 0 Å². The summed E-state index contributed by atoms with van der Waals surface area (Å²) in [5, 5.41) is 3.58. The second kappa shape index (κ2) is 7.01. The van der Waals surface area contributed by atoms with Crippen molar-refractivity contribution < 1.29 is 8.78 Å². The Morgan fingerprint density at radius 3 is 2.48 bits per heavy atom. The first kappa shape index (κ1) is 15.9. The molecule has 21 heavy (non-hydrogen) atoms. The molecule has 0 aliphatic heterocycles. The number of benzene rings is 2. The minimum Gasteiger partial charge on any atom is -0.306 e. The molecule has 0 saturated carbocycles. The lowest BCUT2D eigenvalue weighted by Crippen LogP contribution is -2.24. The highest BCUT2D eigenvalue weighted by molar-refractivity contribution is 6.31. The molecule has 4 heteroatoms. The van der Waals surface area contributed by atoms with E-state index in [4.69, 9.17) is 11.6 Å². The lowest BCUT2D eigenvalue weighted by atomic mass is 9.96. The monoisotopic (exact) mass is 309 g/mol. The van der Waals surface area contributed by atoms with E-state index in [0.29, 0.717) is 28.3 Å². The second-order valence-corrected chi connectivity index (χ2v) is 5.44. The van der Waals surface area contributed by atoms with Gasteiger partial charge >= 0.3 is 0 Å². The number of halogens is 3. The third kappa shape index (κ3) is 3.60. The maximum absolute atomic E-state index is 14.1. The van der Waals surface area contributed by atoms with Gasteiger partial charge in [0.1, 0.15) is 11.6 Å². The van der Waals surface area contributed by atoms with Gasteiger partial charge < -0.3 is 5.32 Å². The summed E-state index contributed by atoms with van der Waals surface area (Å²) in [5.74, 6) is -0.657. The molecule has 0 amide bonds. The topological polar surface area (TPSA) is 12.0 Å². The minimum absolute atomic E-state index is 0.301. The van der Waals surface area contributed by atoms with Gasteiger partial charge in [0.25, 0.3) is 0 Å². The van der Waals surface area contributed by atoms with Crippen LogP contribution in [0.2, 0.25) is 5.02 Å². The quantitative estimate of drug-likeness (QED) is 0.818. The van der Waals surface area contributed by atoms with Gasteiger partial charge in [0.2, 0.25) is 0 Å². The van der Waals surface area contributed by atoms with Crippen LogP contribution >= 0.6 is 11.6 Å². The van der Waals surface area contributed by atoms with E-state index in [0.717, 1.165) is 6.42 Å². The van der Waals surface area contributed by atoms with E-state index in [2.05, 4.69) is 5.32 Å². The molecule has 0 spiro atoms. The molecule has 1 atom stereocenters. The molecule has 0 bridgehead atoms. The summed E-state index contributed by atoms with van der Waals surface area (Å²) in [6.45, 7) is 4.42. The highest BCUT2D eigenvalue weighted by Crippen LogP contribution is 2.31. The Labute approximate surface area is 128 Å². The smallest absolute Gasteiger partial charge is 0.128 e. The van der Waals surface area contributed by atoms with Crippen LogP contribution < -0.4 is 5.32 Å². The lowest BCUT2D eigenvalue weighted by Gasteiger charge is -2.22. The van der Waals surface area contributed by atoms with Gasteiger partial charge in [-0.05, 0) is 49.2 Å². The molecular formula is C17H18ClF2N. The van der Waals surface area contributed by atoms with Gasteiger partial charge in [-0.2, -0.15) is 0 Å². The molecular weight excluding hydrogens is 292 g/mol. The molecule has 0 aliphatic rings. The Bertz CT molecular complexity index is 628. The van der Waals surface area contributed by atoms with Crippen molar-refractivity contribution in [1.82, 2.24) is 5.32 Å². The fourth-order valence-corrected chi connectivity index (χ4v) is 2.55. The zero-order valence-electron chi connectivity index (χ0n) is 12.1. The number of aryl methyl sites for hydroxylation is 1. The van der Waals surface area contributed by atoms with Crippen LogP contribution in [0.15, 0.2) is 36.4 Å². The van der Waals surface area contributed by atoms with Gasteiger partial charge in [0.15, 0.2) is 0 Å². The molecule has 1 nitrogen and oxygen atoms in total. The van der Waals surface area contributed by atoms with E-state index in [9.17, 15) is 8.78 Å². The fourth-order valence-electron chi connectivity index (χ4n) is 2.29. The number of rotatable bonds is 5. The molecule has 1 N–H and O–H groups in total. The Kier molecular flexibility index (Phi) is 5.32. The molecule has 112 valence electrons. The standard InChI is InChI=1S/C17H18ClF2N/c1-3-8-21-17(12-6-4-5-7-15(12)19)13-9-11(2)16(20)10-14(13)18/h4-7,9-10,17,21H,3,8H2,1-2H3. The van der Waals surface area contributed by atoms with Gasteiger partial charge in [-0.3, -0.25) is 0 Å². The van der Waals surface area contributed by atoms with Crippen LogP contribution in [0.3, 0.4) is 0 Å². The summed E-state index contributed by atoms with van der Waals surface area (Å²) in [6, 6.07) is 9.14. The van der Waals surface area contributed by atoms with Crippen LogP contribution in [0.5, 0.6) is 0 Å². The zero-order valence-corrected chi connectivity index (χ0v) is 12.8. The van der Waals surface area contributed by atoms with Gasteiger partial charge in [0, 0.05) is 10.6 Å². The summed E-state index contributed by atoms with van der Waals surface area (Å²) in [5.41, 5.74) is 1.70. The molecule has 2 aromatic carbocycles. The van der Waals surface area contributed by atoms with Crippen LogP contribution in [0, 0.1) is 18.6 Å². The molecule has 0 aliphatic carbocycles. The van der Waals surface area contributed by atoms with E-state index in [1.807, 2.05) is 6.92 Å². The first-order valence-corrected chi connectivity index (χ1v) is 7.35. The van der Waals surface area contributed by atoms with Crippen molar-refractivity contribution in [2.24, 2.45) is 0 Å². The molecule has 0 aromatic heterocycles. The number of nitrogens with one attached hydrogen (secondary N) is 1. The van der Waals surface area contributed by atoms with E-state index in [1.165, 1.54) is 12.1 Å². The highest BCUT2D eigenvalue weighted by Gasteiger charge is 2.20. The SMILES string of the molecule is CCCNC(c1ccccc1F)c1cc(C)c(F)cc1Cl. The van der Waals surface area contributed by atoms with Gasteiger partial charge in [-0.1, -0.05) is 36.7 Å². The summed E-state index contributed by atoms with van der Waals surface area (Å²) in [7, 11) is 0. The Balaban J connectivity index is 2.51. The molecule has 0 heterocycles. The number of hydrogen-bond acceptors (Lipinski definition) is 1. The first-order chi connectivity index (χ1) is 10.0. The van der Waals surface area contributed by atoms with Crippen molar-refractivity contribution in [1.29, 1.82) is 0 Å². The fraction of sp³-hybridized carbons (Fsp3) is 0.294. The maximum Gasteiger partial charge on any atom is 0.128 e. The van der Waals surface area contributed by atoms with Gasteiger partial charge in [0.05, 0.1) is 6.04 Å². The third-order valence-corrected chi connectivity index (χ3v) is 3.73. The van der Waals surface area contributed by atoms with Crippen molar-refractivity contribution >= 4 is 11.6 Å². The van der Waals surface area contributed by atoms with Crippen LogP contribution in [0.25, 0.3) is 0 Å². The van der Waals surface area contributed by atoms with Crippen molar-refractivity contribution in [3.8, 4) is 0 Å². The van der Waals surface area contributed by atoms with Crippen molar-refractivity contribution in [2.75, 3.05) is 6.54 Å². The molecule has 1 unspecified atom stereocenters. The molecule has 2 aromatic rings. The van der Waals surface area contributed by atoms with Gasteiger partial charge in [-0.25, -0.2) is 8.78 Å². The largest absolute Gasteiger partial charge is 0.306 e. The predicted molar refractivity (Wildman–Crippen MR) is 82.7 cm³/mol. The first-order valence-electron chi connectivity index (χ1n) is 6.98. The lowest BCUT2D eigenvalue weighted by molar-refractivity contribution is 0.545. The Morgan fingerprint density at radius 1 is 1.10 bits per heavy atom. The summed E-state index contributed by atoms with van der Waals surface area (Å²) >= 11 is 6.17. The molecule has 0 radical (unpaired) electrons. The minimum atomic E-state index is -0.391. The van der Waals surface area contributed by atoms with E-state index in [-0.39, 0.29) is 11.6 Å². The number of hydrogen-bond donors (Lipinski definition) is 1. The normalized spacial score (nSPS) is 12.4. The molecule has 0 fully saturated rings. The van der Waals surface area contributed by atoms with E-state index < -0.39 is 6.04 Å². The Hall–Kier alpha value is -1.45. The zero-order chi connectivity index (χ0) is 15.4. The Morgan fingerprint density at radius 2 is 1.81 bits per heavy atom. The van der Waals surface area contributed by atoms with Crippen LogP contribution in [-0.4, -0.2) is 6.54 Å². The van der Waals surface area contributed by atoms with E-state index in [1.54, 1.807) is 31.2 Å². The van der Waals surface area contributed by atoms with Crippen molar-refractivity contribution in [2.45, 2.75) is 26.3 Å². The van der Waals surface area contributed by atoms with E-state index >= 15 is 0 Å². The third-order valence-electron chi connectivity index (χ3n) is 3.40. The maximum atomic E-state index is 14.1. The van der Waals surface area contributed by atoms with Gasteiger partial charge in [-0.15, -0.1) is 0 Å². The second-order valence-electron chi connectivity index (χ2n) is 5.03. The molecule has 2 rings (SSSR count). The summed E-state index contributed by atoms with van der Waals surface area (Å²) in [4.78, 5) is 0. The average Bonchev–Trinajstić information content (AvgIpc) is 2.46. The van der Waals surface area contributed by atoms with Crippen LogP contribution in [0.4, 0.5) is 8.78 Å². The summed E-state index contributed by atoms with van der Waals surface area (Å²) < 4.78 is 27.7.